The van der Waals surface area contributed by atoms with E-state index >= 15 is 0 Å². The molecule has 2 heterocycles. The Kier molecular flexibility index (Phi) is 4.16. The normalized spacial score (nSPS) is 11.1. The van der Waals surface area contributed by atoms with Gasteiger partial charge in [-0.3, -0.25) is 4.90 Å². The molecule has 0 aliphatic heterocycles. The highest BCUT2D eigenvalue weighted by atomic mass is 32.1. The average molecular weight is 236 g/mol. The zero-order valence-electron chi connectivity index (χ0n) is 9.13. The van der Waals surface area contributed by atoms with E-state index in [9.17, 15) is 0 Å². The molecule has 0 aliphatic carbocycles. The molecule has 2 aromatic rings. The first-order valence-electron chi connectivity index (χ1n) is 5.35. The van der Waals surface area contributed by atoms with Gasteiger partial charge in [-0.05, 0) is 23.6 Å². The molecular weight excluding hydrogens is 220 g/mol. The molecule has 16 heavy (non-hydrogen) atoms. The van der Waals surface area contributed by atoms with Gasteiger partial charge in [0.05, 0.1) is 12.8 Å². The molecule has 0 amide bonds. The van der Waals surface area contributed by atoms with Crippen LogP contribution in [0, 0.1) is 0 Å². The van der Waals surface area contributed by atoms with E-state index in [4.69, 9.17) is 10.2 Å². The molecule has 2 rings (SSSR count). The molecule has 4 heteroatoms. The molecule has 0 spiro atoms. The minimum absolute atomic E-state index is 0.673. The highest BCUT2D eigenvalue weighted by Gasteiger charge is 2.08. The minimum atomic E-state index is 0.673. The SMILES string of the molecule is NCCN(Cc1ccco1)Cc1cccs1. The molecule has 0 saturated carbocycles. The third kappa shape index (κ3) is 3.20. The van der Waals surface area contributed by atoms with Crippen molar-refractivity contribution in [2.75, 3.05) is 13.1 Å². The van der Waals surface area contributed by atoms with Gasteiger partial charge in [0.25, 0.3) is 0 Å². The molecule has 0 fully saturated rings. The maximum absolute atomic E-state index is 5.62. The van der Waals surface area contributed by atoms with Crippen LogP contribution in [0.1, 0.15) is 10.6 Å². The molecule has 2 aromatic heterocycles. The summed E-state index contributed by atoms with van der Waals surface area (Å²) in [5.74, 6) is 0.991. The zero-order valence-corrected chi connectivity index (χ0v) is 9.95. The second kappa shape index (κ2) is 5.84. The molecule has 3 nitrogen and oxygen atoms in total. The molecule has 86 valence electrons. The van der Waals surface area contributed by atoms with Gasteiger partial charge >= 0.3 is 0 Å². The van der Waals surface area contributed by atoms with Crippen molar-refractivity contribution in [2.24, 2.45) is 5.73 Å². The van der Waals surface area contributed by atoms with Gasteiger partial charge in [-0.1, -0.05) is 6.07 Å². The van der Waals surface area contributed by atoms with Crippen molar-refractivity contribution in [3.8, 4) is 0 Å². The molecule has 0 aromatic carbocycles. The lowest BCUT2D eigenvalue weighted by atomic mass is 10.3. The monoisotopic (exact) mass is 236 g/mol. The molecular formula is C12H16N2OS. The summed E-state index contributed by atoms with van der Waals surface area (Å²) >= 11 is 1.78. The Morgan fingerprint density at radius 3 is 2.81 bits per heavy atom. The van der Waals surface area contributed by atoms with Gasteiger partial charge in [0, 0.05) is 24.5 Å². The third-order valence-electron chi connectivity index (χ3n) is 2.36. The van der Waals surface area contributed by atoms with Crippen molar-refractivity contribution in [3.63, 3.8) is 0 Å². The Bertz CT molecular complexity index is 347. The fourth-order valence-electron chi connectivity index (χ4n) is 1.64. The summed E-state index contributed by atoms with van der Waals surface area (Å²) in [7, 11) is 0. The van der Waals surface area contributed by atoms with Crippen molar-refractivity contribution in [1.29, 1.82) is 0 Å². The number of hydrogen-bond donors (Lipinski definition) is 1. The van der Waals surface area contributed by atoms with E-state index < -0.39 is 0 Å². The number of furan rings is 1. The van der Waals surface area contributed by atoms with Crippen LogP contribution in [-0.4, -0.2) is 18.0 Å². The van der Waals surface area contributed by atoms with E-state index in [0.717, 1.165) is 25.4 Å². The number of hydrogen-bond acceptors (Lipinski definition) is 4. The highest BCUT2D eigenvalue weighted by molar-refractivity contribution is 7.09. The third-order valence-corrected chi connectivity index (χ3v) is 3.23. The number of nitrogens with two attached hydrogens (primary N) is 1. The van der Waals surface area contributed by atoms with Crippen LogP contribution in [0.3, 0.4) is 0 Å². The van der Waals surface area contributed by atoms with E-state index in [-0.39, 0.29) is 0 Å². The van der Waals surface area contributed by atoms with E-state index in [0.29, 0.717) is 6.54 Å². The van der Waals surface area contributed by atoms with Crippen LogP contribution in [0.15, 0.2) is 40.3 Å². The molecule has 0 unspecified atom stereocenters. The van der Waals surface area contributed by atoms with E-state index in [1.54, 1.807) is 17.6 Å². The summed E-state index contributed by atoms with van der Waals surface area (Å²) in [6.45, 7) is 3.32. The lowest BCUT2D eigenvalue weighted by molar-refractivity contribution is 0.244. The first-order chi connectivity index (χ1) is 7.88. The molecule has 0 saturated heterocycles. The van der Waals surface area contributed by atoms with Crippen LogP contribution in [-0.2, 0) is 13.1 Å². The standard InChI is InChI=1S/C12H16N2OS/c13-5-6-14(9-11-3-1-7-15-11)10-12-4-2-8-16-12/h1-4,7-8H,5-6,9-10,13H2. The van der Waals surface area contributed by atoms with Gasteiger partial charge < -0.3 is 10.2 Å². The lowest BCUT2D eigenvalue weighted by Crippen LogP contribution is -2.28. The molecule has 0 radical (unpaired) electrons. The maximum atomic E-state index is 5.62. The van der Waals surface area contributed by atoms with Crippen molar-refractivity contribution in [2.45, 2.75) is 13.1 Å². The number of rotatable bonds is 6. The number of nitrogens with zero attached hydrogens (tertiary/aromatic N) is 1. The lowest BCUT2D eigenvalue weighted by Gasteiger charge is -2.19. The van der Waals surface area contributed by atoms with Crippen LogP contribution in [0.4, 0.5) is 0 Å². The smallest absolute Gasteiger partial charge is 0.117 e. The highest BCUT2D eigenvalue weighted by Crippen LogP contribution is 2.14. The minimum Gasteiger partial charge on any atom is -0.468 e. The zero-order chi connectivity index (χ0) is 11.2. The molecule has 0 atom stereocenters. The average Bonchev–Trinajstić information content (AvgIpc) is 2.91. The van der Waals surface area contributed by atoms with Gasteiger partial charge in [-0.25, -0.2) is 0 Å². The number of thiophene rings is 1. The predicted molar refractivity (Wildman–Crippen MR) is 66.2 cm³/mol. The van der Waals surface area contributed by atoms with E-state index in [2.05, 4.69) is 22.4 Å². The first kappa shape index (κ1) is 11.4. The van der Waals surface area contributed by atoms with Crippen LogP contribution >= 0.6 is 11.3 Å². The second-order valence-corrected chi connectivity index (χ2v) is 4.69. The Morgan fingerprint density at radius 1 is 1.25 bits per heavy atom. The van der Waals surface area contributed by atoms with Crippen LogP contribution in [0.25, 0.3) is 0 Å². The Hall–Kier alpha value is -1.10. The van der Waals surface area contributed by atoms with E-state index in [1.165, 1.54) is 4.88 Å². The summed E-state index contributed by atoms with van der Waals surface area (Å²) in [5.41, 5.74) is 5.62. The summed E-state index contributed by atoms with van der Waals surface area (Å²) in [6.07, 6.45) is 1.71. The fraction of sp³-hybridized carbons (Fsp3) is 0.333. The molecule has 0 aliphatic rings. The predicted octanol–water partition coefficient (Wildman–Crippen LogP) is 2.30. The van der Waals surface area contributed by atoms with Crippen molar-refractivity contribution >= 4 is 11.3 Å². The fourth-order valence-corrected chi connectivity index (χ4v) is 2.39. The van der Waals surface area contributed by atoms with Crippen molar-refractivity contribution in [3.05, 3.63) is 46.5 Å². The first-order valence-corrected chi connectivity index (χ1v) is 6.23. The Morgan fingerprint density at radius 2 is 2.19 bits per heavy atom. The molecule has 2 N–H and O–H groups in total. The summed E-state index contributed by atoms with van der Waals surface area (Å²) in [5, 5.41) is 2.10. The largest absolute Gasteiger partial charge is 0.468 e. The van der Waals surface area contributed by atoms with Crippen molar-refractivity contribution < 1.29 is 4.42 Å². The maximum Gasteiger partial charge on any atom is 0.117 e. The second-order valence-electron chi connectivity index (χ2n) is 3.66. The molecule has 0 bridgehead atoms. The Labute approximate surface area is 99.5 Å². The van der Waals surface area contributed by atoms with Crippen LogP contribution in [0.2, 0.25) is 0 Å². The van der Waals surface area contributed by atoms with E-state index in [1.807, 2.05) is 12.1 Å². The van der Waals surface area contributed by atoms with Crippen molar-refractivity contribution in [1.82, 2.24) is 4.90 Å². The summed E-state index contributed by atoms with van der Waals surface area (Å²) in [6, 6.07) is 8.14. The van der Waals surface area contributed by atoms with Gasteiger partial charge in [-0.2, -0.15) is 0 Å². The van der Waals surface area contributed by atoms with Gasteiger partial charge in [-0.15, -0.1) is 11.3 Å². The van der Waals surface area contributed by atoms with Gasteiger partial charge in [0.2, 0.25) is 0 Å². The van der Waals surface area contributed by atoms with Gasteiger partial charge in [0.15, 0.2) is 0 Å². The quantitative estimate of drug-likeness (QED) is 0.837. The van der Waals surface area contributed by atoms with Crippen LogP contribution < -0.4 is 5.73 Å². The summed E-state index contributed by atoms with van der Waals surface area (Å²) < 4.78 is 5.35. The van der Waals surface area contributed by atoms with Crippen LogP contribution in [0.5, 0.6) is 0 Å². The Balaban J connectivity index is 1.94. The summed E-state index contributed by atoms with van der Waals surface area (Å²) in [4.78, 5) is 3.66. The topological polar surface area (TPSA) is 42.4 Å². The van der Waals surface area contributed by atoms with Gasteiger partial charge in [0.1, 0.15) is 5.76 Å².